The SMILES string of the molecule is COc1ccc2c(c1)[nH]c1nc(N)nc(Nc3ncc(S(=O)(=O)c4ccc([N+](=O)[O-])cc4)s3)c12. The van der Waals surface area contributed by atoms with Crippen molar-refractivity contribution in [1.82, 2.24) is 19.9 Å². The molecule has 0 spiro atoms. The summed E-state index contributed by atoms with van der Waals surface area (Å²) in [4.78, 5) is 26.0. The number of benzene rings is 2. The van der Waals surface area contributed by atoms with Gasteiger partial charge in [-0.15, -0.1) is 0 Å². The molecular weight excluding hydrogens is 482 g/mol. The number of thiazole rings is 1. The molecule has 5 aromatic rings. The van der Waals surface area contributed by atoms with Crippen LogP contribution in [0.1, 0.15) is 0 Å². The van der Waals surface area contributed by atoms with E-state index in [4.69, 9.17) is 10.5 Å². The monoisotopic (exact) mass is 497 g/mol. The van der Waals surface area contributed by atoms with Gasteiger partial charge in [-0.25, -0.2) is 13.4 Å². The molecule has 12 nitrogen and oxygen atoms in total. The number of non-ortho nitro benzene ring substituents is 1. The summed E-state index contributed by atoms with van der Waals surface area (Å²) in [5, 5.41) is 15.6. The van der Waals surface area contributed by atoms with Gasteiger partial charge in [-0.1, -0.05) is 11.3 Å². The third-order valence-electron chi connectivity index (χ3n) is 5.01. The maximum atomic E-state index is 13.0. The normalized spacial score (nSPS) is 11.7. The second-order valence-corrected chi connectivity index (χ2v) is 10.3. The van der Waals surface area contributed by atoms with Crippen LogP contribution < -0.4 is 15.8 Å². The zero-order chi connectivity index (χ0) is 24.0. The lowest BCUT2D eigenvalue weighted by atomic mass is 10.2. The van der Waals surface area contributed by atoms with Crippen LogP contribution in [0.4, 0.5) is 22.6 Å². The number of sulfone groups is 1. The first kappa shape index (κ1) is 21.5. The van der Waals surface area contributed by atoms with Crippen LogP contribution in [0.2, 0.25) is 0 Å². The minimum Gasteiger partial charge on any atom is -0.497 e. The molecule has 0 radical (unpaired) electrons. The molecule has 0 saturated heterocycles. The van der Waals surface area contributed by atoms with Gasteiger partial charge in [0.15, 0.2) is 5.13 Å². The maximum absolute atomic E-state index is 13.0. The Morgan fingerprint density at radius 3 is 2.65 bits per heavy atom. The predicted octanol–water partition coefficient (Wildman–Crippen LogP) is 3.64. The van der Waals surface area contributed by atoms with Crippen LogP contribution in [0.15, 0.2) is 57.8 Å². The van der Waals surface area contributed by atoms with Crippen LogP contribution in [0.5, 0.6) is 5.75 Å². The van der Waals surface area contributed by atoms with Crippen LogP contribution in [0.25, 0.3) is 21.9 Å². The number of fused-ring (bicyclic) bond motifs is 3. The smallest absolute Gasteiger partial charge is 0.269 e. The first-order valence-corrected chi connectivity index (χ1v) is 11.9. The van der Waals surface area contributed by atoms with E-state index < -0.39 is 14.8 Å². The Bertz CT molecular complexity index is 1680. The van der Waals surface area contributed by atoms with Crippen molar-refractivity contribution in [3.63, 3.8) is 0 Å². The fraction of sp³-hybridized carbons (Fsp3) is 0.0500. The molecule has 14 heteroatoms. The Hall–Kier alpha value is -4.30. The number of nitrogen functional groups attached to an aromatic ring is 1. The molecule has 3 aromatic heterocycles. The number of nitro groups is 1. The van der Waals surface area contributed by atoms with Crippen LogP contribution in [-0.4, -0.2) is 40.4 Å². The number of hydrogen-bond acceptors (Lipinski definition) is 11. The van der Waals surface area contributed by atoms with Crippen molar-refractivity contribution in [3.8, 4) is 5.75 Å². The molecule has 4 N–H and O–H groups in total. The van der Waals surface area contributed by atoms with Gasteiger partial charge in [-0.3, -0.25) is 10.1 Å². The molecule has 0 atom stereocenters. The number of hydrogen-bond donors (Lipinski definition) is 3. The van der Waals surface area contributed by atoms with Crippen molar-refractivity contribution in [2.24, 2.45) is 0 Å². The van der Waals surface area contributed by atoms with E-state index in [1.165, 1.54) is 18.3 Å². The van der Waals surface area contributed by atoms with E-state index in [0.29, 0.717) is 22.6 Å². The summed E-state index contributed by atoms with van der Waals surface area (Å²) in [5.74, 6) is 1.03. The van der Waals surface area contributed by atoms with E-state index in [-0.39, 0.29) is 25.9 Å². The van der Waals surface area contributed by atoms with Crippen molar-refractivity contribution in [2.45, 2.75) is 9.10 Å². The van der Waals surface area contributed by atoms with Crippen LogP contribution >= 0.6 is 11.3 Å². The van der Waals surface area contributed by atoms with E-state index in [2.05, 4.69) is 25.3 Å². The lowest BCUT2D eigenvalue weighted by Crippen LogP contribution is -2.00. The fourth-order valence-electron chi connectivity index (χ4n) is 3.42. The molecule has 3 heterocycles. The van der Waals surface area contributed by atoms with Gasteiger partial charge >= 0.3 is 0 Å². The molecule has 0 aliphatic heterocycles. The van der Waals surface area contributed by atoms with Crippen molar-refractivity contribution in [3.05, 3.63) is 58.8 Å². The van der Waals surface area contributed by atoms with Crippen LogP contribution in [0, 0.1) is 10.1 Å². The Kier molecular flexibility index (Phi) is 5.02. The Balaban J connectivity index is 1.52. The zero-order valence-electron chi connectivity index (χ0n) is 17.3. The number of aromatic amines is 1. The molecule has 0 aliphatic carbocycles. The van der Waals surface area contributed by atoms with Gasteiger partial charge in [-0.05, 0) is 24.3 Å². The van der Waals surface area contributed by atoms with Crippen molar-refractivity contribution in [2.75, 3.05) is 18.2 Å². The molecule has 0 unspecified atom stereocenters. The number of nitrogens with two attached hydrogens (primary N) is 1. The molecule has 0 saturated carbocycles. The first-order chi connectivity index (χ1) is 16.3. The van der Waals surface area contributed by atoms with Crippen molar-refractivity contribution >= 4 is 65.7 Å². The molecule has 0 amide bonds. The summed E-state index contributed by atoms with van der Waals surface area (Å²) >= 11 is 0.893. The van der Waals surface area contributed by atoms with E-state index in [1.54, 1.807) is 13.2 Å². The van der Waals surface area contributed by atoms with Gasteiger partial charge in [0.25, 0.3) is 5.69 Å². The molecule has 0 aliphatic rings. The average Bonchev–Trinajstić information content (AvgIpc) is 3.43. The van der Waals surface area contributed by atoms with Crippen molar-refractivity contribution in [1.29, 1.82) is 0 Å². The summed E-state index contributed by atoms with van der Waals surface area (Å²) in [5.41, 5.74) is 6.93. The van der Waals surface area contributed by atoms with Gasteiger partial charge in [0.05, 0.1) is 34.0 Å². The molecule has 0 bridgehead atoms. The highest BCUT2D eigenvalue weighted by atomic mass is 32.2. The van der Waals surface area contributed by atoms with Gasteiger partial charge in [-0.2, -0.15) is 9.97 Å². The second kappa shape index (κ2) is 7.93. The number of nitrogens with zero attached hydrogens (tertiary/aromatic N) is 4. The number of aromatic nitrogens is 4. The maximum Gasteiger partial charge on any atom is 0.269 e. The second-order valence-electron chi connectivity index (χ2n) is 7.05. The Morgan fingerprint density at radius 2 is 1.94 bits per heavy atom. The Morgan fingerprint density at radius 1 is 1.18 bits per heavy atom. The van der Waals surface area contributed by atoms with Crippen LogP contribution in [0.3, 0.4) is 0 Å². The number of H-pyrrole nitrogens is 1. The zero-order valence-corrected chi connectivity index (χ0v) is 19.0. The van der Waals surface area contributed by atoms with E-state index in [9.17, 15) is 18.5 Å². The number of nitrogens with one attached hydrogen (secondary N) is 2. The predicted molar refractivity (Wildman–Crippen MR) is 126 cm³/mol. The number of anilines is 3. The quantitative estimate of drug-likeness (QED) is 0.231. The summed E-state index contributed by atoms with van der Waals surface area (Å²) in [7, 11) is -2.35. The summed E-state index contributed by atoms with van der Waals surface area (Å²) in [6, 6.07) is 10.1. The molecule has 5 rings (SSSR count). The molecule has 0 fully saturated rings. The van der Waals surface area contributed by atoms with Gasteiger partial charge in [0, 0.05) is 23.6 Å². The topological polar surface area (TPSA) is 179 Å². The molecule has 34 heavy (non-hydrogen) atoms. The van der Waals surface area contributed by atoms with Crippen molar-refractivity contribution < 1.29 is 18.1 Å². The lowest BCUT2D eigenvalue weighted by Gasteiger charge is -2.05. The minimum atomic E-state index is -3.92. The third-order valence-corrected chi connectivity index (χ3v) is 8.15. The first-order valence-electron chi connectivity index (χ1n) is 9.61. The van der Waals surface area contributed by atoms with Crippen LogP contribution in [-0.2, 0) is 9.84 Å². The highest BCUT2D eigenvalue weighted by Gasteiger charge is 2.23. The molecular formula is C20H15N7O5S2. The highest BCUT2D eigenvalue weighted by molar-refractivity contribution is 7.93. The van der Waals surface area contributed by atoms with E-state index in [0.717, 1.165) is 34.4 Å². The molecule has 2 aromatic carbocycles. The van der Waals surface area contributed by atoms with Gasteiger partial charge in [0.1, 0.15) is 21.4 Å². The summed E-state index contributed by atoms with van der Waals surface area (Å²) < 4.78 is 31.1. The number of nitro benzene ring substituents is 1. The summed E-state index contributed by atoms with van der Waals surface area (Å²) in [6.07, 6.45) is 1.21. The minimum absolute atomic E-state index is 0.0174. The van der Waals surface area contributed by atoms with E-state index in [1.807, 2.05) is 12.1 Å². The summed E-state index contributed by atoms with van der Waals surface area (Å²) in [6.45, 7) is 0. The third kappa shape index (κ3) is 3.64. The van der Waals surface area contributed by atoms with Gasteiger partial charge in [0.2, 0.25) is 15.8 Å². The largest absolute Gasteiger partial charge is 0.497 e. The standard InChI is InChI=1S/C20H15N7O5S2/c1-32-11-4-7-13-14(8-11)23-17-16(13)18(25-19(21)24-17)26-20-22-9-15(33-20)34(30,31)12-5-2-10(3-6-12)27(28)29/h2-9H,1H3,(H4,21,22,23,24,25,26). The average molecular weight is 498 g/mol. The fourth-order valence-corrected chi connectivity index (χ4v) is 5.85. The highest BCUT2D eigenvalue weighted by Crippen LogP contribution is 2.35. The molecule has 172 valence electrons. The van der Waals surface area contributed by atoms with E-state index >= 15 is 0 Å². The Labute approximate surface area is 195 Å². The lowest BCUT2D eigenvalue weighted by molar-refractivity contribution is -0.384. The number of methoxy groups -OCH3 is 1. The number of ether oxygens (including phenoxy) is 1. The number of rotatable bonds is 6. The van der Waals surface area contributed by atoms with Gasteiger partial charge < -0.3 is 20.8 Å².